The summed E-state index contributed by atoms with van der Waals surface area (Å²) < 4.78 is 0. The van der Waals surface area contributed by atoms with Crippen LogP contribution in [-0.4, -0.2) is 17.1 Å². The van der Waals surface area contributed by atoms with Gasteiger partial charge in [-0.15, -0.1) is 34.8 Å². The van der Waals surface area contributed by atoms with Crippen LogP contribution in [0.25, 0.3) is 0 Å². The molecular formula is C7H13Cl3. The van der Waals surface area contributed by atoms with E-state index in [9.17, 15) is 0 Å². The Morgan fingerprint density at radius 2 is 1.80 bits per heavy atom. The fourth-order valence-electron chi connectivity index (χ4n) is 0.609. The van der Waals surface area contributed by atoms with Crippen molar-refractivity contribution in [2.24, 2.45) is 5.41 Å². The molecular weight excluding hydrogens is 190 g/mol. The summed E-state index contributed by atoms with van der Waals surface area (Å²) in [5.74, 6) is 1.14. The summed E-state index contributed by atoms with van der Waals surface area (Å²) in [6, 6.07) is 0. The molecule has 10 heavy (non-hydrogen) atoms. The predicted molar refractivity (Wildman–Crippen MR) is 49.5 cm³/mol. The number of halogens is 3. The normalized spacial score (nSPS) is 15.3. The summed E-state index contributed by atoms with van der Waals surface area (Å²) in [5.41, 5.74) is 0.0606. The standard InChI is InChI=1S/C7H13Cl3/c1-7(2,3-4-8)6(10)5-9/h6H,3-5H2,1-2H3. The van der Waals surface area contributed by atoms with Gasteiger partial charge in [-0.1, -0.05) is 13.8 Å². The van der Waals surface area contributed by atoms with Gasteiger partial charge >= 0.3 is 0 Å². The first-order valence-electron chi connectivity index (χ1n) is 3.30. The Morgan fingerprint density at radius 1 is 1.30 bits per heavy atom. The maximum atomic E-state index is 5.95. The molecule has 0 aliphatic rings. The lowest BCUT2D eigenvalue weighted by Crippen LogP contribution is -2.26. The third-order valence-corrected chi connectivity index (χ3v) is 3.12. The molecule has 0 bridgehead atoms. The summed E-state index contributed by atoms with van der Waals surface area (Å²) in [5, 5.41) is 0.0212. The summed E-state index contributed by atoms with van der Waals surface area (Å²) in [4.78, 5) is 0. The molecule has 0 fully saturated rings. The van der Waals surface area contributed by atoms with Crippen molar-refractivity contribution >= 4 is 34.8 Å². The van der Waals surface area contributed by atoms with E-state index in [1.165, 1.54) is 0 Å². The van der Waals surface area contributed by atoms with Crippen LogP contribution in [0.4, 0.5) is 0 Å². The van der Waals surface area contributed by atoms with E-state index < -0.39 is 0 Å². The van der Waals surface area contributed by atoms with Gasteiger partial charge in [0.2, 0.25) is 0 Å². The Kier molecular flexibility index (Phi) is 5.10. The molecule has 0 rings (SSSR count). The summed E-state index contributed by atoms with van der Waals surface area (Å²) in [6.07, 6.45) is 0.912. The monoisotopic (exact) mass is 202 g/mol. The van der Waals surface area contributed by atoms with Crippen LogP contribution < -0.4 is 0 Å². The fourth-order valence-corrected chi connectivity index (χ4v) is 1.62. The van der Waals surface area contributed by atoms with Gasteiger partial charge in [0.25, 0.3) is 0 Å². The molecule has 1 unspecified atom stereocenters. The van der Waals surface area contributed by atoms with Crippen molar-refractivity contribution in [2.75, 3.05) is 11.8 Å². The zero-order valence-corrected chi connectivity index (χ0v) is 8.60. The van der Waals surface area contributed by atoms with Crippen LogP contribution in [0.3, 0.4) is 0 Å². The lowest BCUT2D eigenvalue weighted by molar-refractivity contribution is 0.349. The van der Waals surface area contributed by atoms with Crippen molar-refractivity contribution in [3.63, 3.8) is 0 Å². The maximum Gasteiger partial charge on any atom is 0.0522 e. The molecule has 0 N–H and O–H groups in total. The molecule has 3 heteroatoms. The van der Waals surface area contributed by atoms with E-state index in [0.29, 0.717) is 11.8 Å². The molecule has 0 aromatic carbocycles. The molecule has 0 saturated heterocycles. The van der Waals surface area contributed by atoms with E-state index in [1.807, 2.05) is 0 Å². The van der Waals surface area contributed by atoms with Crippen LogP contribution in [0.5, 0.6) is 0 Å². The molecule has 0 aliphatic heterocycles. The van der Waals surface area contributed by atoms with Gasteiger partial charge in [-0.05, 0) is 11.8 Å². The highest BCUT2D eigenvalue weighted by Gasteiger charge is 2.25. The minimum absolute atomic E-state index is 0.0212. The van der Waals surface area contributed by atoms with Crippen molar-refractivity contribution in [3.8, 4) is 0 Å². The van der Waals surface area contributed by atoms with E-state index in [2.05, 4.69) is 13.8 Å². The molecule has 62 valence electrons. The average molecular weight is 204 g/mol. The topological polar surface area (TPSA) is 0 Å². The van der Waals surface area contributed by atoms with Crippen molar-refractivity contribution in [1.29, 1.82) is 0 Å². The van der Waals surface area contributed by atoms with Crippen LogP contribution in [0, 0.1) is 5.41 Å². The van der Waals surface area contributed by atoms with Crippen LogP contribution in [-0.2, 0) is 0 Å². The lowest BCUT2D eigenvalue weighted by atomic mass is 9.87. The largest absolute Gasteiger partial charge is 0.127 e. The maximum absolute atomic E-state index is 5.95. The van der Waals surface area contributed by atoms with E-state index in [4.69, 9.17) is 34.8 Å². The SMILES string of the molecule is CC(C)(CCCl)C(Cl)CCl. The minimum atomic E-state index is 0.0212. The summed E-state index contributed by atoms with van der Waals surface area (Å²) in [7, 11) is 0. The van der Waals surface area contributed by atoms with Gasteiger partial charge in [0, 0.05) is 11.8 Å². The first-order chi connectivity index (χ1) is 4.54. The van der Waals surface area contributed by atoms with Crippen molar-refractivity contribution in [1.82, 2.24) is 0 Å². The summed E-state index contributed by atoms with van der Waals surface area (Å²) >= 11 is 17.1. The zero-order valence-electron chi connectivity index (χ0n) is 6.33. The Hall–Kier alpha value is 0.870. The highest BCUT2D eigenvalue weighted by Crippen LogP contribution is 2.30. The zero-order chi connectivity index (χ0) is 8.20. The van der Waals surface area contributed by atoms with Gasteiger partial charge in [-0.2, -0.15) is 0 Å². The quantitative estimate of drug-likeness (QED) is 0.614. The van der Waals surface area contributed by atoms with Gasteiger partial charge in [-0.25, -0.2) is 0 Å². The van der Waals surface area contributed by atoms with Gasteiger partial charge in [-0.3, -0.25) is 0 Å². The highest BCUT2D eigenvalue weighted by atomic mass is 35.5. The Labute approximate surface area is 77.8 Å². The second kappa shape index (κ2) is 4.69. The van der Waals surface area contributed by atoms with Gasteiger partial charge in [0.1, 0.15) is 0 Å². The van der Waals surface area contributed by atoms with Crippen LogP contribution in [0.2, 0.25) is 0 Å². The summed E-state index contributed by atoms with van der Waals surface area (Å²) in [6.45, 7) is 4.16. The van der Waals surface area contributed by atoms with Gasteiger partial charge in [0.15, 0.2) is 0 Å². The third kappa shape index (κ3) is 3.32. The second-order valence-corrected chi connectivity index (χ2v) is 4.26. The average Bonchev–Trinajstić information content (AvgIpc) is 1.86. The molecule has 0 heterocycles. The third-order valence-electron chi connectivity index (χ3n) is 1.72. The number of hydrogen-bond acceptors (Lipinski definition) is 0. The van der Waals surface area contributed by atoms with Gasteiger partial charge in [0.05, 0.1) is 5.38 Å². The van der Waals surface area contributed by atoms with Gasteiger partial charge < -0.3 is 0 Å². The predicted octanol–water partition coefficient (Wildman–Crippen LogP) is 3.49. The van der Waals surface area contributed by atoms with E-state index >= 15 is 0 Å². The second-order valence-electron chi connectivity index (χ2n) is 3.05. The molecule has 0 radical (unpaired) electrons. The molecule has 0 aromatic rings. The minimum Gasteiger partial charge on any atom is -0.127 e. The Bertz CT molecular complexity index is 90.9. The highest BCUT2D eigenvalue weighted by molar-refractivity contribution is 6.28. The fraction of sp³-hybridized carbons (Fsp3) is 1.00. The first kappa shape index (κ1) is 10.9. The molecule has 0 amide bonds. The van der Waals surface area contributed by atoms with Crippen molar-refractivity contribution in [3.05, 3.63) is 0 Å². The molecule has 0 spiro atoms. The van der Waals surface area contributed by atoms with E-state index in [1.54, 1.807) is 0 Å². The van der Waals surface area contributed by atoms with E-state index in [-0.39, 0.29) is 10.8 Å². The smallest absolute Gasteiger partial charge is 0.0522 e. The Balaban J connectivity index is 3.82. The lowest BCUT2D eigenvalue weighted by Gasteiger charge is -2.27. The first-order valence-corrected chi connectivity index (χ1v) is 4.81. The van der Waals surface area contributed by atoms with Crippen LogP contribution in [0.1, 0.15) is 20.3 Å². The number of hydrogen-bond donors (Lipinski definition) is 0. The van der Waals surface area contributed by atoms with Crippen molar-refractivity contribution in [2.45, 2.75) is 25.6 Å². The number of rotatable bonds is 4. The van der Waals surface area contributed by atoms with Crippen LogP contribution >= 0.6 is 34.8 Å². The molecule has 0 nitrogen and oxygen atoms in total. The molecule has 0 aromatic heterocycles. The molecule has 1 atom stereocenters. The van der Waals surface area contributed by atoms with Crippen LogP contribution in [0.15, 0.2) is 0 Å². The molecule has 0 saturated carbocycles. The molecule has 0 aliphatic carbocycles. The number of alkyl halides is 3. The van der Waals surface area contributed by atoms with Crippen molar-refractivity contribution < 1.29 is 0 Å². The Morgan fingerprint density at radius 3 is 2.10 bits per heavy atom. The van der Waals surface area contributed by atoms with E-state index in [0.717, 1.165) is 6.42 Å².